The first-order chi connectivity index (χ1) is 13.4. The van der Waals surface area contributed by atoms with Crippen molar-refractivity contribution in [1.29, 1.82) is 0 Å². The van der Waals surface area contributed by atoms with Crippen LogP contribution in [-0.2, 0) is 25.8 Å². The monoisotopic (exact) mass is 644 g/mol. The van der Waals surface area contributed by atoms with E-state index in [4.69, 9.17) is 0 Å². The van der Waals surface area contributed by atoms with E-state index < -0.39 is 0 Å². The van der Waals surface area contributed by atoms with E-state index in [0.717, 1.165) is 18.3 Å². The average Bonchev–Trinajstić information content (AvgIpc) is 3.25. The van der Waals surface area contributed by atoms with E-state index >= 15 is 0 Å². The van der Waals surface area contributed by atoms with Gasteiger partial charge in [-0.15, -0.1) is 53.7 Å². The van der Waals surface area contributed by atoms with Crippen LogP contribution in [0, 0.1) is 17.9 Å². The summed E-state index contributed by atoms with van der Waals surface area (Å²) < 4.78 is 0. The summed E-state index contributed by atoms with van der Waals surface area (Å²) >= 11 is 0. The van der Waals surface area contributed by atoms with E-state index in [1.165, 1.54) is 53.5 Å². The van der Waals surface area contributed by atoms with E-state index in [1.807, 2.05) is 0 Å². The molecule has 0 heterocycles. The van der Waals surface area contributed by atoms with Gasteiger partial charge in [0.15, 0.2) is 0 Å². The normalized spacial score (nSPS) is 12.5. The quantitative estimate of drug-likeness (QED) is 0.235. The molecule has 0 amide bonds. The summed E-state index contributed by atoms with van der Waals surface area (Å²) in [4.78, 5) is 0. The van der Waals surface area contributed by atoms with E-state index in [2.05, 4.69) is 90.1 Å². The van der Waals surface area contributed by atoms with Crippen molar-refractivity contribution < 1.29 is 50.7 Å². The SMILES string of the molecule is CC(C)CP(CC(C)C)c1cc2ccccc2[cH-]1.CCCCC1=[C-]CC=C1C.[Cl-].[Cl-].[Hf+4]. The van der Waals surface area contributed by atoms with Gasteiger partial charge < -0.3 is 24.8 Å². The van der Waals surface area contributed by atoms with Crippen molar-refractivity contribution in [2.75, 3.05) is 12.3 Å². The van der Waals surface area contributed by atoms with Crippen LogP contribution in [0.15, 0.2) is 53.6 Å². The summed E-state index contributed by atoms with van der Waals surface area (Å²) in [5.41, 5.74) is 2.91. The first-order valence-electron chi connectivity index (χ1n) is 11.1. The van der Waals surface area contributed by atoms with Crippen molar-refractivity contribution >= 4 is 24.0 Å². The van der Waals surface area contributed by atoms with Gasteiger partial charge in [-0.3, -0.25) is 6.08 Å². The zero-order chi connectivity index (χ0) is 20.5. The number of rotatable bonds is 8. The van der Waals surface area contributed by atoms with Crippen LogP contribution in [0.2, 0.25) is 0 Å². The third-order valence-electron chi connectivity index (χ3n) is 5.12. The summed E-state index contributed by atoms with van der Waals surface area (Å²) in [6.07, 6.45) is 13.2. The Balaban J connectivity index is 0. The summed E-state index contributed by atoms with van der Waals surface area (Å²) in [5, 5.41) is 4.42. The molecule has 2 aromatic rings. The second-order valence-corrected chi connectivity index (χ2v) is 11.2. The molecule has 0 N–H and O–H groups in total. The molecule has 31 heavy (non-hydrogen) atoms. The van der Waals surface area contributed by atoms with E-state index in [0.29, 0.717) is 0 Å². The second-order valence-electron chi connectivity index (χ2n) is 8.89. The molecule has 3 rings (SSSR count). The number of unbranched alkanes of at least 4 members (excludes halogenated alkanes) is 1. The molecule has 4 heteroatoms. The van der Waals surface area contributed by atoms with Crippen LogP contribution in [0.4, 0.5) is 0 Å². The molecule has 0 spiro atoms. The van der Waals surface area contributed by atoms with Gasteiger partial charge in [0.25, 0.3) is 0 Å². The van der Waals surface area contributed by atoms with Gasteiger partial charge in [0.2, 0.25) is 0 Å². The molecule has 0 fully saturated rings. The minimum atomic E-state index is 0. The van der Waals surface area contributed by atoms with E-state index in [-0.39, 0.29) is 58.6 Å². The van der Waals surface area contributed by atoms with Gasteiger partial charge in [0.05, 0.1) is 0 Å². The van der Waals surface area contributed by atoms with Gasteiger partial charge in [0, 0.05) is 0 Å². The van der Waals surface area contributed by atoms with Crippen molar-refractivity contribution in [1.82, 2.24) is 0 Å². The Morgan fingerprint density at radius 2 is 1.65 bits per heavy atom. The van der Waals surface area contributed by atoms with Crippen molar-refractivity contribution in [3.05, 3.63) is 59.7 Å². The number of fused-ring (bicyclic) bond motifs is 1. The Morgan fingerprint density at radius 1 is 1.03 bits per heavy atom. The third kappa shape index (κ3) is 11.7. The maximum atomic E-state index is 3.37. The minimum Gasteiger partial charge on any atom is -1.00 e. The van der Waals surface area contributed by atoms with Crippen molar-refractivity contribution in [3.8, 4) is 0 Å². The number of hydrogen-bond donors (Lipinski definition) is 0. The molecule has 0 bridgehead atoms. The van der Waals surface area contributed by atoms with Crippen LogP contribution in [0.5, 0.6) is 0 Å². The topological polar surface area (TPSA) is 0 Å². The maximum absolute atomic E-state index is 3.37. The van der Waals surface area contributed by atoms with Crippen molar-refractivity contribution in [2.24, 2.45) is 11.8 Å². The predicted molar refractivity (Wildman–Crippen MR) is 130 cm³/mol. The molecule has 1 aliphatic carbocycles. The standard InChI is InChI=1S/C17H24P.C10H15.2ClH.Hf/c1-13(2)11-18(12-14(3)4)17-9-15-7-5-6-8-16(15)10-17;1-3-4-7-10-8-5-6-9(10)2;;;/h5-10,13-14H,11-12H2,1-4H3;6H,3-5,7H2,1-2H3;2*1H;/q2*-1;;;+4/p-2. The van der Waals surface area contributed by atoms with Crippen LogP contribution in [0.1, 0.15) is 67.2 Å². The molecule has 0 atom stereocenters. The fourth-order valence-electron chi connectivity index (χ4n) is 3.71. The molecule has 1 aliphatic rings. The Hall–Kier alpha value is 0.190. The van der Waals surface area contributed by atoms with Crippen LogP contribution in [-0.4, -0.2) is 12.3 Å². The van der Waals surface area contributed by atoms with Gasteiger partial charge >= 0.3 is 25.8 Å². The molecule has 0 unspecified atom stereocenters. The van der Waals surface area contributed by atoms with Gasteiger partial charge in [-0.1, -0.05) is 67.9 Å². The minimum absolute atomic E-state index is 0. The first kappa shape index (κ1) is 33.4. The maximum Gasteiger partial charge on any atom is 4.00 e. The number of benzene rings is 1. The van der Waals surface area contributed by atoms with E-state index in [9.17, 15) is 0 Å². The van der Waals surface area contributed by atoms with Gasteiger partial charge in [-0.05, 0) is 24.2 Å². The second kappa shape index (κ2) is 17.6. The molecule has 0 aromatic heterocycles. The summed E-state index contributed by atoms with van der Waals surface area (Å²) in [6, 6.07) is 13.6. The van der Waals surface area contributed by atoms with Gasteiger partial charge in [0.1, 0.15) is 0 Å². The fourth-order valence-corrected chi connectivity index (χ4v) is 6.69. The molecule has 0 radical (unpaired) electrons. The van der Waals surface area contributed by atoms with Crippen LogP contribution in [0.25, 0.3) is 10.8 Å². The smallest absolute Gasteiger partial charge is 1.00 e. The van der Waals surface area contributed by atoms with Crippen LogP contribution >= 0.6 is 7.92 Å². The zero-order valence-electron chi connectivity index (χ0n) is 20.1. The Bertz CT molecular complexity index is 746. The first-order valence-corrected chi connectivity index (χ1v) is 12.8. The fraction of sp³-hybridized carbons (Fsp3) is 0.519. The average molecular weight is 644 g/mol. The Kier molecular flexibility index (Phi) is 19.0. The molecule has 0 nitrogen and oxygen atoms in total. The number of halogens is 2. The third-order valence-corrected chi connectivity index (χ3v) is 8.45. The van der Waals surface area contributed by atoms with Gasteiger partial charge in [-0.25, -0.2) is 11.1 Å². The molecule has 0 saturated carbocycles. The molecule has 2 aromatic carbocycles. The van der Waals surface area contributed by atoms with Crippen LogP contribution in [0.3, 0.4) is 0 Å². The van der Waals surface area contributed by atoms with Crippen LogP contribution < -0.4 is 30.1 Å². The molecular weight excluding hydrogens is 605 g/mol. The number of hydrogen-bond acceptors (Lipinski definition) is 0. The molecular formula is C27H39Cl2HfP. The summed E-state index contributed by atoms with van der Waals surface area (Å²) in [5.74, 6) is 1.60. The Labute approximate surface area is 224 Å². The Morgan fingerprint density at radius 3 is 2.13 bits per heavy atom. The molecule has 0 saturated heterocycles. The molecule has 170 valence electrons. The van der Waals surface area contributed by atoms with Crippen molar-refractivity contribution in [2.45, 2.75) is 67.2 Å². The zero-order valence-corrected chi connectivity index (χ0v) is 26.1. The summed E-state index contributed by atoms with van der Waals surface area (Å²) in [7, 11) is 0.0185. The summed E-state index contributed by atoms with van der Waals surface area (Å²) in [6.45, 7) is 13.8. The predicted octanol–water partition coefficient (Wildman–Crippen LogP) is 2.24. The molecule has 0 aliphatic heterocycles. The van der Waals surface area contributed by atoms with Gasteiger partial charge in [-0.2, -0.15) is 12.1 Å². The van der Waals surface area contributed by atoms with E-state index in [1.54, 1.807) is 5.30 Å². The largest absolute Gasteiger partial charge is 4.00 e. The number of allylic oxidation sites excluding steroid dienone is 4. The van der Waals surface area contributed by atoms with Crippen molar-refractivity contribution in [3.63, 3.8) is 0 Å².